The highest BCUT2D eigenvalue weighted by Crippen LogP contribution is 2.48. The van der Waals surface area contributed by atoms with Crippen LogP contribution in [-0.4, -0.2) is 11.4 Å². The van der Waals surface area contributed by atoms with Crippen molar-refractivity contribution in [3.05, 3.63) is 83.2 Å². The Labute approximate surface area is 148 Å². The van der Waals surface area contributed by atoms with Crippen molar-refractivity contribution in [1.29, 1.82) is 0 Å². The minimum absolute atomic E-state index is 0.0171. The van der Waals surface area contributed by atoms with Crippen LogP contribution in [0, 0.1) is 0 Å². The van der Waals surface area contributed by atoms with E-state index in [0.717, 1.165) is 17.1 Å². The Bertz CT molecular complexity index is 855. The summed E-state index contributed by atoms with van der Waals surface area (Å²) in [6.45, 7) is 0. The van der Waals surface area contributed by atoms with Gasteiger partial charge in [0.05, 0.1) is 12.5 Å². The normalized spacial score (nSPS) is 20.6. The fourth-order valence-electron chi connectivity index (χ4n) is 2.48. The third-order valence-corrected chi connectivity index (χ3v) is 5.04. The highest BCUT2D eigenvalue weighted by atomic mass is 35.5. The lowest BCUT2D eigenvalue weighted by Crippen LogP contribution is -1.99. The summed E-state index contributed by atoms with van der Waals surface area (Å²) in [4.78, 5) is 9.21. The minimum atomic E-state index is -0.145. The van der Waals surface area contributed by atoms with Gasteiger partial charge in [0.25, 0.3) is 0 Å². The van der Waals surface area contributed by atoms with E-state index in [4.69, 9.17) is 25.4 Å². The summed E-state index contributed by atoms with van der Waals surface area (Å²) in [7, 11) is 0. The molecule has 6 heteroatoms. The first-order chi connectivity index (χ1) is 11.8. The van der Waals surface area contributed by atoms with Crippen LogP contribution < -0.4 is 0 Å². The van der Waals surface area contributed by atoms with Crippen molar-refractivity contribution >= 4 is 34.7 Å². The molecule has 0 aliphatic carbocycles. The minimum Gasteiger partial charge on any atom is -0.468 e. The molecule has 1 aliphatic rings. The molecule has 120 valence electrons. The molecule has 4 rings (SSSR count). The van der Waals surface area contributed by atoms with Gasteiger partial charge in [-0.3, -0.25) is 0 Å². The number of hydrogen-bond acceptors (Lipinski definition) is 5. The van der Waals surface area contributed by atoms with E-state index in [-0.39, 0.29) is 11.3 Å². The van der Waals surface area contributed by atoms with Crippen LogP contribution in [0.4, 0.5) is 0 Å². The SMILES string of the molecule is Clc1ccc(C=NC2=N[C@@H](c3ccco3)[C@H](c3ccco3)S2)cc1. The molecule has 0 saturated heterocycles. The van der Waals surface area contributed by atoms with Crippen LogP contribution in [0.25, 0.3) is 0 Å². The Morgan fingerprint density at radius 3 is 2.38 bits per heavy atom. The van der Waals surface area contributed by atoms with Gasteiger partial charge in [-0.15, -0.1) is 0 Å². The van der Waals surface area contributed by atoms with Crippen molar-refractivity contribution in [2.75, 3.05) is 0 Å². The number of benzene rings is 1. The Morgan fingerprint density at radius 1 is 1.00 bits per heavy atom. The first-order valence-electron chi connectivity index (χ1n) is 7.40. The zero-order valence-electron chi connectivity index (χ0n) is 12.5. The molecule has 0 saturated carbocycles. The number of halogens is 1. The molecule has 4 nitrogen and oxygen atoms in total. The smallest absolute Gasteiger partial charge is 0.184 e. The molecule has 24 heavy (non-hydrogen) atoms. The Balaban J connectivity index is 1.59. The van der Waals surface area contributed by atoms with Gasteiger partial charge in [0.1, 0.15) is 22.8 Å². The molecule has 0 amide bonds. The molecule has 3 heterocycles. The lowest BCUT2D eigenvalue weighted by molar-refractivity contribution is 0.432. The van der Waals surface area contributed by atoms with E-state index in [2.05, 4.69) is 4.99 Å². The van der Waals surface area contributed by atoms with Gasteiger partial charge in [0.2, 0.25) is 0 Å². The zero-order chi connectivity index (χ0) is 16.4. The first kappa shape index (κ1) is 15.3. The number of nitrogens with zero attached hydrogens (tertiary/aromatic N) is 2. The number of rotatable bonds is 3. The summed E-state index contributed by atoms with van der Waals surface area (Å²) in [6, 6.07) is 15.0. The second-order valence-electron chi connectivity index (χ2n) is 5.24. The third kappa shape index (κ3) is 3.18. The van der Waals surface area contributed by atoms with E-state index < -0.39 is 0 Å². The van der Waals surface area contributed by atoms with Crippen molar-refractivity contribution in [2.45, 2.75) is 11.3 Å². The second kappa shape index (κ2) is 6.71. The molecule has 0 spiro atoms. The largest absolute Gasteiger partial charge is 0.468 e. The summed E-state index contributed by atoms with van der Waals surface area (Å²) in [6.07, 6.45) is 5.11. The topological polar surface area (TPSA) is 51.0 Å². The molecule has 2 aromatic heterocycles. The van der Waals surface area contributed by atoms with Gasteiger partial charge in [-0.2, -0.15) is 0 Å². The predicted octanol–water partition coefficient (Wildman–Crippen LogP) is 5.53. The number of hydrogen-bond donors (Lipinski definition) is 0. The first-order valence-corrected chi connectivity index (χ1v) is 8.66. The monoisotopic (exact) mass is 356 g/mol. The Kier molecular flexibility index (Phi) is 4.28. The van der Waals surface area contributed by atoms with E-state index in [1.54, 1.807) is 30.5 Å². The van der Waals surface area contributed by atoms with Crippen LogP contribution in [0.3, 0.4) is 0 Å². The number of thioether (sulfide) groups is 1. The fourth-order valence-corrected chi connectivity index (χ4v) is 3.69. The average Bonchev–Trinajstić information content (AvgIpc) is 3.33. The van der Waals surface area contributed by atoms with Crippen LogP contribution >= 0.6 is 23.4 Å². The molecule has 0 fully saturated rings. The molecule has 0 radical (unpaired) electrons. The Morgan fingerprint density at radius 2 is 1.71 bits per heavy atom. The molecule has 2 atom stereocenters. The van der Waals surface area contributed by atoms with E-state index in [1.807, 2.05) is 48.5 Å². The van der Waals surface area contributed by atoms with Gasteiger partial charge in [-0.05, 0) is 42.0 Å². The van der Waals surface area contributed by atoms with Gasteiger partial charge in [-0.1, -0.05) is 35.5 Å². The average molecular weight is 357 g/mol. The lowest BCUT2D eigenvalue weighted by Gasteiger charge is -2.11. The van der Waals surface area contributed by atoms with E-state index >= 15 is 0 Å². The van der Waals surface area contributed by atoms with Gasteiger partial charge >= 0.3 is 0 Å². The highest BCUT2D eigenvalue weighted by molar-refractivity contribution is 8.14. The van der Waals surface area contributed by atoms with Crippen LogP contribution in [-0.2, 0) is 0 Å². The second-order valence-corrected chi connectivity index (χ2v) is 6.78. The molecule has 0 bridgehead atoms. The lowest BCUT2D eigenvalue weighted by atomic mass is 10.1. The van der Waals surface area contributed by atoms with Crippen LogP contribution in [0.1, 0.15) is 28.4 Å². The van der Waals surface area contributed by atoms with Crippen molar-refractivity contribution in [3.8, 4) is 0 Å². The molecular weight excluding hydrogens is 344 g/mol. The van der Waals surface area contributed by atoms with Crippen molar-refractivity contribution in [1.82, 2.24) is 0 Å². The molecule has 1 aromatic carbocycles. The summed E-state index contributed by atoms with van der Waals surface area (Å²) in [5.41, 5.74) is 0.971. The van der Waals surface area contributed by atoms with Crippen molar-refractivity contribution in [3.63, 3.8) is 0 Å². The fraction of sp³-hybridized carbons (Fsp3) is 0.111. The van der Waals surface area contributed by atoms with E-state index in [9.17, 15) is 0 Å². The molecular formula is C18H13ClN2O2S. The van der Waals surface area contributed by atoms with Crippen LogP contribution in [0.15, 0.2) is 79.9 Å². The quantitative estimate of drug-likeness (QED) is 0.580. The number of furan rings is 2. The molecule has 1 aliphatic heterocycles. The van der Waals surface area contributed by atoms with Crippen molar-refractivity contribution < 1.29 is 8.83 Å². The summed E-state index contributed by atoms with van der Waals surface area (Å²) >= 11 is 7.47. The molecule has 3 aromatic rings. The summed E-state index contributed by atoms with van der Waals surface area (Å²) in [5.74, 6) is 1.67. The number of aliphatic imine (C=N–C) groups is 2. The van der Waals surface area contributed by atoms with Gasteiger partial charge in [0.15, 0.2) is 5.17 Å². The maximum Gasteiger partial charge on any atom is 0.184 e. The standard InChI is InChI=1S/C18H13ClN2O2S/c19-13-7-5-12(6-8-13)11-20-18-21-16(14-3-1-9-22-14)17(24-18)15-4-2-10-23-15/h1-11,16-17H/t16-,17-/m0/s1. The predicted molar refractivity (Wildman–Crippen MR) is 97.0 cm³/mol. The molecule has 0 N–H and O–H groups in total. The van der Waals surface area contributed by atoms with Gasteiger partial charge in [-0.25, -0.2) is 9.98 Å². The summed E-state index contributed by atoms with van der Waals surface area (Å²) < 4.78 is 11.1. The van der Waals surface area contributed by atoms with E-state index in [0.29, 0.717) is 10.2 Å². The van der Waals surface area contributed by atoms with E-state index in [1.165, 1.54) is 0 Å². The maximum atomic E-state index is 5.90. The third-order valence-electron chi connectivity index (χ3n) is 3.62. The van der Waals surface area contributed by atoms with Gasteiger partial charge < -0.3 is 8.83 Å². The van der Waals surface area contributed by atoms with Crippen LogP contribution in [0.2, 0.25) is 5.02 Å². The Hall–Kier alpha value is -2.24. The zero-order valence-corrected chi connectivity index (χ0v) is 14.1. The van der Waals surface area contributed by atoms with Crippen LogP contribution in [0.5, 0.6) is 0 Å². The molecule has 0 unspecified atom stereocenters. The van der Waals surface area contributed by atoms with Gasteiger partial charge in [0, 0.05) is 11.2 Å². The maximum absolute atomic E-state index is 5.90. The highest BCUT2D eigenvalue weighted by Gasteiger charge is 2.36. The number of amidine groups is 1. The van der Waals surface area contributed by atoms with Crippen molar-refractivity contribution in [2.24, 2.45) is 9.98 Å². The summed E-state index contributed by atoms with van der Waals surface area (Å²) in [5, 5.41) is 1.42.